The molecule has 2 rings (SSSR count). The minimum Gasteiger partial charge on any atom is -0.389 e. The fraction of sp³-hybridized carbons (Fsp3) is 0.231. The van der Waals surface area contributed by atoms with Crippen LogP contribution in [0.15, 0.2) is 36.5 Å². The van der Waals surface area contributed by atoms with Crippen molar-refractivity contribution in [3.63, 3.8) is 0 Å². The number of aliphatic hydroxyl groups excluding tert-OH is 1. The van der Waals surface area contributed by atoms with Crippen LogP contribution < -0.4 is 5.32 Å². The maximum atomic E-state index is 11.4. The lowest BCUT2D eigenvalue weighted by atomic mass is 10.1. The van der Waals surface area contributed by atoms with Gasteiger partial charge >= 0.3 is 0 Å². The summed E-state index contributed by atoms with van der Waals surface area (Å²) in [5.41, 5.74) is 1.88. The molecule has 0 aliphatic rings. The van der Waals surface area contributed by atoms with Crippen LogP contribution >= 0.6 is 0 Å². The molecule has 0 radical (unpaired) electrons. The molecule has 0 aliphatic carbocycles. The normalized spacial score (nSPS) is 12.2. The van der Waals surface area contributed by atoms with Crippen molar-refractivity contribution in [2.75, 3.05) is 7.05 Å². The molecule has 0 bridgehead atoms. The second-order valence-corrected chi connectivity index (χ2v) is 3.96. The first kappa shape index (κ1) is 12.3. The van der Waals surface area contributed by atoms with E-state index in [0.717, 1.165) is 11.3 Å². The Morgan fingerprint density at radius 2 is 2.11 bits per heavy atom. The lowest BCUT2D eigenvalue weighted by Crippen LogP contribution is -2.18. The minimum atomic E-state index is -0.589. The van der Waals surface area contributed by atoms with Crippen LogP contribution in [-0.4, -0.2) is 27.8 Å². The number of nitrogens with zero attached hydrogens (tertiary/aromatic N) is 2. The van der Waals surface area contributed by atoms with Crippen LogP contribution in [0.4, 0.5) is 0 Å². The van der Waals surface area contributed by atoms with Crippen LogP contribution in [0.3, 0.4) is 0 Å². The van der Waals surface area contributed by atoms with Gasteiger partial charge in [0.1, 0.15) is 0 Å². The number of hydrogen-bond acceptors (Lipinski definition) is 3. The van der Waals surface area contributed by atoms with Crippen molar-refractivity contribution < 1.29 is 9.90 Å². The van der Waals surface area contributed by atoms with Crippen molar-refractivity contribution in [3.05, 3.63) is 47.8 Å². The molecule has 1 aromatic heterocycles. The van der Waals surface area contributed by atoms with Crippen molar-refractivity contribution in [3.8, 4) is 5.69 Å². The fourth-order valence-electron chi connectivity index (χ4n) is 1.76. The molecule has 0 saturated heterocycles. The van der Waals surface area contributed by atoms with Crippen molar-refractivity contribution >= 4 is 5.91 Å². The summed E-state index contributed by atoms with van der Waals surface area (Å²) in [4.78, 5) is 11.4. The molecule has 5 heteroatoms. The Morgan fingerprint density at radius 1 is 1.39 bits per heavy atom. The van der Waals surface area contributed by atoms with Gasteiger partial charge in [-0.3, -0.25) is 4.79 Å². The first-order valence-corrected chi connectivity index (χ1v) is 5.68. The predicted molar refractivity (Wildman–Crippen MR) is 67.6 cm³/mol. The highest BCUT2D eigenvalue weighted by Gasteiger charge is 2.12. The second kappa shape index (κ2) is 5.01. The van der Waals surface area contributed by atoms with Gasteiger partial charge in [-0.25, -0.2) is 4.68 Å². The van der Waals surface area contributed by atoms with Gasteiger partial charge in [-0.15, -0.1) is 0 Å². The molecule has 0 fully saturated rings. The average Bonchev–Trinajstić information content (AvgIpc) is 2.87. The lowest BCUT2D eigenvalue weighted by Gasteiger charge is -2.11. The van der Waals surface area contributed by atoms with E-state index in [0.29, 0.717) is 5.69 Å². The van der Waals surface area contributed by atoms with Crippen LogP contribution in [0.25, 0.3) is 5.69 Å². The van der Waals surface area contributed by atoms with E-state index in [2.05, 4.69) is 10.4 Å². The summed E-state index contributed by atoms with van der Waals surface area (Å²) in [6.45, 7) is 1.70. The Balaban J connectivity index is 2.43. The van der Waals surface area contributed by atoms with Crippen LogP contribution in [-0.2, 0) is 0 Å². The number of benzene rings is 1. The number of carbonyl (C=O) groups is 1. The standard InChI is InChI=1S/C13H15N3O2/c1-9(17)10-5-3-4-6-12(10)16-8-7-11(15-16)13(18)14-2/h3-9,17H,1-2H3,(H,14,18)/t9-/m0/s1. The summed E-state index contributed by atoms with van der Waals surface area (Å²) in [6, 6.07) is 9.04. The average molecular weight is 245 g/mol. The molecule has 0 saturated carbocycles. The van der Waals surface area contributed by atoms with Crippen molar-refractivity contribution in [1.82, 2.24) is 15.1 Å². The van der Waals surface area contributed by atoms with E-state index in [4.69, 9.17) is 0 Å². The smallest absolute Gasteiger partial charge is 0.271 e. The van der Waals surface area contributed by atoms with Gasteiger partial charge in [0.15, 0.2) is 5.69 Å². The molecule has 1 atom stereocenters. The molecular formula is C13H15N3O2. The Bertz CT molecular complexity index is 561. The number of hydrogen-bond donors (Lipinski definition) is 2. The Morgan fingerprint density at radius 3 is 2.78 bits per heavy atom. The Labute approximate surface area is 105 Å². The van der Waals surface area contributed by atoms with E-state index in [1.165, 1.54) is 0 Å². The van der Waals surface area contributed by atoms with E-state index in [1.807, 2.05) is 24.3 Å². The molecule has 1 aromatic carbocycles. The molecule has 5 nitrogen and oxygen atoms in total. The molecule has 0 aliphatic heterocycles. The maximum Gasteiger partial charge on any atom is 0.271 e. The summed E-state index contributed by atoms with van der Waals surface area (Å²) in [5.74, 6) is -0.233. The van der Waals surface area contributed by atoms with E-state index in [-0.39, 0.29) is 5.91 Å². The summed E-state index contributed by atoms with van der Waals surface area (Å²) in [5, 5.41) is 16.4. The number of nitrogens with one attached hydrogen (secondary N) is 1. The highest BCUT2D eigenvalue weighted by molar-refractivity contribution is 5.91. The maximum absolute atomic E-state index is 11.4. The molecular weight excluding hydrogens is 230 g/mol. The lowest BCUT2D eigenvalue weighted by molar-refractivity contribution is 0.0957. The third kappa shape index (κ3) is 2.26. The third-order valence-electron chi connectivity index (χ3n) is 2.68. The zero-order valence-electron chi connectivity index (χ0n) is 10.3. The third-order valence-corrected chi connectivity index (χ3v) is 2.68. The van der Waals surface area contributed by atoms with E-state index < -0.39 is 6.10 Å². The summed E-state index contributed by atoms with van der Waals surface area (Å²) < 4.78 is 1.59. The minimum absolute atomic E-state index is 0.233. The number of aromatic nitrogens is 2. The summed E-state index contributed by atoms with van der Waals surface area (Å²) >= 11 is 0. The highest BCUT2D eigenvalue weighted by Crippen LogP contribution is 2.20. The monoisotopic (exact) mass is 245 g/mol. The first-order chi connectivity index (χ1) is 8.63. The zero-order chi connectivity index (χ0) is 13.1. The zero-order valence-corrected chi connectivity index (χ0v) is 10.3. The topological polar surface area (TPSA) is 67.2 Å². The molecule has 18 heavy (non-hydrogen) atoms. The number of carbonyl (C=O) groups excluding carboxylic acids is 1. The van der Waals surface area contributed by atoms with Crippen LogP contribution in [0, 0.1) is 0 Å². The fourth-order valence-corrected chi connectivity index (χ4v) is 1.76. The Hall–Kier alpha value is -2.14. The van der Waals surface area contributed by atoms with E-state index in [9.17, 15) is 9.90 Å². The highest BCUT2D eigenvalue weighted by atomic mass is 16.3. The number of amides is 1. The summed E-state index contributed by atoms with van der Waals surface area (Å²) in [7, 11) is 1.56. The van der Waals surface area contributed by atoms with Gasteiger partial charge in [0, 0.05) is 18.8 Å². The molecule has 94 valence electrons. The number of rotatable bonds is 3. The van der Waals surface area contributed by atoms with Crippen molar-refractivity contribution in [1.29, 1.82) is 0 Å². The molecule has 1 amide bonds. The Kier molecular flexibility index (Phi) is 3.43. The van der Waals surface area contributed by atoms with Gasteiger partial charge in [-0.1, -0.05) is 18.2 Å². The number of aliphatic hydroxyl groups is 1. The molecule has 0 unspecified atom stereocenters. The molecule has 1 heterocycles. The first-order valence-electron chi connectivity index (χ1n) is 5.68. The van der Waals surface area contributed by atoms with E-state index >= 15 is 0 Å². The predicted octanol–water partition coefficient (Wildman–Crippen LogP) is 1.29. The quantitative estimate of drug-likeness (QED) is 0.856. The van der Waals surface area contributed by atoms with Gasteiger partial charge in [0.25, 0.3) is 5.91 Å². The molecule has 2 N–H and O–H groups in total. The summed E-state index contributed by atoms with van der Waals surface area (Å²) in [6.07, 6.45) is 1.11. The molecule has 2 aromatic rings. The van der Waals surface area contributed by atoms with Gasteiger partial charge < -0.3 is 10.4 Å². The van der Waals surface area contributed by atoms with Crippen molar-refractivity contribution in [2.24, 2.45) is 0 Å². The second-order valence-electron chi connectivity index (χ2n) is 3.96. The van der Waals surface area contributed by atoms with Gasteiger partial charge in [0.05, 0.1) is 11.8 Å². The van der Waals surface area contributed by atoms with E-state index in [1.54, 1.807) is 30.9 Å². The largest absolute Gasteiger partial charge is 0.389 e. The van der Waals surface area contributed by atoms with Crippen LogP contribution in [0.1, 0.15) is 29.1 Å². The SMILES string of the molecule is CNC(=O)c1ccn(-c2ccccc2[C@H](C)O)n1. The van der Waals surface area contributed by atoms with Gasteiger partial charge in [-0.2, -0.15) is 5.10 Å². The van der Waals surface area contributed by atoms with Crippen molar-refractivity contribution in [2.45, 2.75) is 13.0 Å². The molecule has 0 spiro atoms. The van der Waals surface area contributed by atoms with Gasteiger partial charge in [0.2, 0.25) is 0 Å². The van der Waals surface area contributed by atoms with Crippen LogP contribution in [0.2, 0.25) is 0 Å². The van der Waals surface area contributed by atoms with Crippen LogP contribution in [0.5, 0.6) is 0 Å². The van der Waals surface area contributed by atoms with Gasteiger partial charge in [-0.05, 0) is 19.1 Å². The number of para-hydroxylation sites is 1.